The fraction of sp³-hybridized carbons (Fsp3) is 0.786. The monoisotopic (exact) mass is 284 g/mol. The van der Waals surface area contributed by atoms with Crippen LogP contribution in [0.15, 0.2) is 0 Å². The standard InChI is InChI=1S/C14H24N2O4/c1-4-20-13(18)9-15-14(19)11-6-5-7-16(11)12(17)8-10(2)3/h10-11H,4-9H2,1-3H3,(H,15,19). The van der Waals surface area contributed by atoms with E-state index < -0.39 is 12.0 Å². The smallest absolute Gasteiger partial charge is 0.325 e. The van der Waals surface area contributed by atoms with Crippen molar-refractivity contribution in [3.05, 3.63) is 0 Å². The molecule has 0 aromatic rings. The summed E-state index contributed by atoms with van der Waals surface area (Å²) >= 11 is 0. The lowest BCUT2D eigenvalue weighted by molar-refractivity contribution is -0.144. The van der Waals surface area contributed by atoms with Crippen molar-refractivity contribution < 1.29 is 19.1 Å². The Bertz CT molecular complexity index is 368. The second-order valence-corrected chi connectivity index (χ2v) is 5.37. The van der Waals surface area contributed by atoms with Crippen LogP contribution in [0.2, 0.25) is 0 Å². The maximum Gasteiger partial charge on any atom is 0.325 e. The van der Waals surface area contributed by atoms with Crippen LogP contribution in [0.1, 0.15) is 40.0 Å². The van der Waals surface area contributed by atoms with E-state index in [1.54, 1.807) is 11.8 Å². The molecule has 1 rings (SSSR count). The Labute approximate surface area is 119 Å². The third-order valence-corrected chi connectivity index (χ3v) is 3.17. The highest BCUT2D eigenvalue weighted by molar-refractivity contribution is 5.90. The zero-order valence-corrected chi connectivity index (χ0v) is 12.5. The van der Waals surface area contributed by atoms with Gasteiger partial charge in [-0.1, -0.05) is 13.8 Å². The Morgan fingerprint density at radius 2 is 2.05 bits per heavy atom. The number of esters is 1. The van der Waals surface area contributed by atoms with Gasteiger partial charge in [-0.25, -0.2) is 0 Å². The van der Waals surface area contributed by atoms with Crippen molar-refractivity contribution in [2.24, 2.45) is 5.92 Å². The molecule has 1 aliphatic heterocycles. The number of likely N-dealkylation sites (tertiary alicyclic amines) is 1. The van der Waals surface area contributed by atoms with Crippen LogP contribution in [0.25, 0.3) is 0 Å². The minimum Gasteiger partial charge on any atom is -0.465 e. The fourth-order valence-corrected chi connectivity index (χ4v) is 2.29. The molecule has 1 unspecified atom stereocenters. The molecule has 1 aliphatic rings. The number of ether oxygens (including phenoxy) is 1. The Kier molecular flexibility index (Phi) is 6.48. The molecular weight excluding hydrogens is 260 g/mol. The average molecular weight is 284 g/mol. The summed E-state index contributed by atoms with van der Waals surface area (Å²) in [5.41, 5.74) is 0. The van der Waals surface area contributed by atoms with E-state index in [4.69, 9.17) is 4.74 Å². The summed E-state index contributed by atoms with van der Waals surface area (Å²) in [7, 11) is 0. The SMILES string of the molecule is CCOC(=O)CNC(=O)C1CCCN1C(=O)CC(C)C. The second kappa shape index (κ2) is 7.87. The van der Waals surface area contributed by atoms with Crippen LogP contribution >= 0.6 is 0 Å². The van der Waals surface area contributed by atoms with E-state index >= 15 is 0 Å². The van der Waals surface area contributed by atoms with Crippen LogP contribution in [0.5, 0.6) is 0 Å². The lowest BCUT2D eigenvalue weighted by Crippen LogP contribution is -2.47. The van der Waals surface area contributed by atoms with Gasteiger partial charge in [0.25, 0.3) is 0 Å². The van der Waals surface area contributed by atoms with Crippen molar-refractivity contribution in [1.82, 2.24) is 10.2 Å². The number of hydrogen-bond acceptors (Lipinski definition) is 4. The van der Waals surface area contributed by atoms with Crippen molar-refractivity contribution in [3.63, 3.8) is 0 Å². The second-order valence-electron chi connectivity index (χ2n) is 5.37. The van der Waals surface area contributed by atoms with Crippen LogP contribution in [0.3, 0.4) is 0 Å². The molecule has 0 spiro atoms. The van der Waals surface area contributed by atoms with Gasteiger partial charge in [0, 0.05) is 13.0 Å². The van der Waals surface area contributed by atoms with Gasteiger partial charge in [-0.05, 0) is 25.7 Å². The molecule has 114 valence electrons. The largest absolute Gasteiger partial charge is 0.465 e. The van der Waals surface area contributed by atoms with E-state index in [0.29, 0.717) is 19.4 Å². The number of amides is 2. The highest BCUT2D eigenvalue weighted by Crippen LogP contribution is 2.19. The Hall–Kier alpha value is -1.59. The predicted molar refractivity (Wildman–Crippen MR) is 73.8 cm³/mol. The van der Waals surface area contributed by atoms with Crippen molar-refractivity contribution in [2.75, 3.05) is 19.7 Å². The zero-order valence-electron chi connectivity index (χ0n) is 12.5. The fourth-order valence-electron chi connectivity index (χ4n) is 2.29. The van der Waals surface area contributed by atoms with Crippen LogP contribution in [-0.2, 0) is 19.1 Å². The molecule has 1 heterocycles. The third-order valence-electron chi connectivity index (χ3n) is 3.17. The molecule has 0 saturated carbocycles. The zero-order chi connectivity index (χ0) is 15.1. The van der Waals surface area contributed by atoms with Gasteiger partial charge in [0.15, 0.2) is 0 Å². The van der Waals surface area contributed by atoms with Gasteiger partial charge in [-0.15, -0.1) is 0 Å². The first-order valence-corrected chi connectivity index (χ1v) is 7.18. The molecule has 0 aromatic carbocycles. The first kappa shape index (κ1) is 16.5. The maximum atomic E-state index is 12.1. The van der Waals surface area contributed by atoms with E-state index in [2.05, 4.69) is 5.32 Å². The van der Waals surface area contributed by atoms with E-state index in [1.165, 1.54) is 0 Å². The summed E-state index contributed by atoms with van der Waals surface area (Å²) in [6, 6.07) is -0.448. The quantitative estimate of drug-likeness (QED) is 0.729. The average Bonchev–Trinajstić information content (AvgIpc) is 2.84. The van der Waals surface area contributed by atoms with Crippen molar-refractivity contribution >= 4 is 17.8 Å². The number of carbonyl (C=O) groups is 3. The van der Waals surface area contributed by atoms with Crippen molar-refractivity contribution in [1.29, 1.82) is 0 Å². The summed E-state index contributed by atoms with van der Waals surface area (Å²) in [6.07, 6.45) is 1.92. The van der Waals surface area contributed by atoms with Crippen LogP contribution in [0, 0.1) is 5.92 Å². The first-order valence-electron chi connectivity index (χ1n) is 7.18. The van der Waals surface area contributed by atoms with Gasteiger partial charge >= 0.3 is 5.97 Å². The maximum absolute atomic E-state index is 12.1. The van der Waals surface area contributed by atoms with Crippen LogP contribution in [-0.4, -0.2) is 48.4 Å². The molecule has 0 radical (unpaired) electrons. The normalized spacial score (nSPS) is 18.2. The third kappa shape index (κ3) is 4.83. The molecule has 1 N–H and O–H groups in total. The number of rotatable bonds is 6. The molecule has 0 aromatic heterocycles. The van der Waals surface area contributed by atoms with Crippen LogP contribution < -0.4 is 5.32 Å². The summed E-state index contributed by atoms with van der Waals surface area (Å²) in [4.78, 5) is 36.9. The van der Waals surface area contributed by atoms with E-state index in [-0.39, 0.29) is 30.9 Å². The predicted octanol–water partition coefficient (Wildman–Crippen LogP) is 0.703. The topological polar surface area (TPSA) is 75.7 Å². The van der Waals surface area contributed by atoms with E-state index in [0.717, 1.165) is 6.42 Å². The molecule has 6 heteroatoms. The Morgan fingerprint density at radius 3 is 2.65 bits per heavy atom. The van der Waals surface area contributed by atoms with Gasteiger partial charge < -0.3 is 15.0 Å². The number of nitrogens with one attached hydrogen (secondary N) is 1. The molecule has 1 saturated heterocycles. The minimum atomic E-state index is -0.459. The van der Waals surface area contributed by atoms with E-state index in [1.807, 2.05) is 13.8 Å². The van der Waals surface area contributed by atoms with Gasteiger partial charge in [0.2, 0.25) is 11.8 Å². The molecule has 0 aliphatic carbocycles. The summed E-state index contributed by atoms with van der Waals surface area (Å²) in [5.74, 6) is -0.452. The van der Waals surface area contributed by atoms with Crippen molar-refractivity contribution in [2.45, 2.75) is 46.1 Å². The van der Waals surface area contributed by atoms with Gasteiger partial charge in [-0.2, -0.15) is 0 Å². The molecular formula is C14H24N2O4. The summed E-state index contributed by atoms with van der Waals surface area (Å²) < 4.78 is 4.75. The van der Waals surface area contributed by atoms with Gasteiger partial charge in [0.1, 0.15) is 12.6 Å². The Balaban J connectivity index is 2.49. The highest BCUT2D eigenvalue weighted by atomic mass is 16.5. The van der Waals surface area contributed by atoms with E-state index in [9.17, 15) is 14.4 Å². The highest BCUT2D eigenvalue weighted by Gasteiger charge is 2.34. The summed E-state index contributed by atoms with van der Waals surface area (Å²) in [6.45, 7) is 6.42. The van der Waals surface area contributed by atoms with Gasteiger partial charge in [-0.3, -0.25) is 14.4 Å². The molecule has 0 bridgehead atoms. The first-order chi connectivity index (χ1) is 9.45. The number of nitrogens with zero attached hydrogens (tertiary/aromatic N) is 1. The molecule has 1 fully saturated rings. The number of carbonyl (C=O) groups excluding carboxylic acids is 3. The van der Waals surface area contributed by atoms with Gasteiger partial charge in [0.05, 0.1) is 6.61 Å². The lowest BCUT2D eigenvalue weighted by Gasteiger charge is -2.24. The Morgan fingerprint density at radius 1 is 1.35 bits per heavy atom. The number of hydrogen-bond donors (Lipinski definition) is 1. The molecule has 20 heavy (non-hydrogen) atoms. The molecule has 1 atom stereocenters. The molecule has 2 amide bonds. The summed E-state index contributed by atoms with van der Waals surface area (Å²) in [5, 5.41) is 2.54. The minimum absolute atomic E-state index is 0.00813. The van der Waals surface area contributed by atoms with Crippen LogP contribution in [0.4, 0.5) is 0 Å². The molecule has 6 nitrogen and oxygen atoms in total. The van der Waals surface area contributed by atoms with Crippen molar-refractivity contribution in [3.8, 4) is 0 Å². The lowest BCUT2D eigenvalue weighted by atomic mass is 10.1.